The first-order chi connectivity index (χ1) is 8.22. The van der Waals surface area contributed by atoms with E-state index in [0.717, 1.165) is 13.0 Å². The van der Waals surface area contributed by atoms with E-state index in [2.05, 4.69) is 11.8 Å². The zero-order chi connectivity index (χ0) is 12.3. The topological polar surface area (TPSA) is 46.3 Å². The van der Waals surface area contributed by atoms with E-state index in [1.54, 1.807) is 0 Å². The first kappa shape index (κ1) is 12.9. The molecule has 17 heavy (non-hydrogen) atoms. The Hall–Kier alpha value is -0.570. The Balaban J connectivity index is 1.89. The third-order valence-electron chi connectivity index (χ3n) is 4.31. The zero-order valence-electron chi connectivity index (χ0n) is 11.0. The van der Waals surface area contributed by atoms with E-state index in [9.17, 15) is 4.79 Å². The average Bonchev–Trinajstić information content (AvgIpc) is 3.15. The first-order valence-electron chi connectivity index (χ1n) is 7.27. The van der Waals surface area contributed by atoms with Crippen molar-refractivity contribution in [2.24, 2.45) is 11.7 Å². The molecule has 2 aliphatic rings. The quantitative estimate of drug-likeness (QED) is 0.817. The Morgan fingerprint density at radius 2 is 2.06 bits per heavy atom. The number of nitrogens with zero attached hydrogens (tertiary/aromatic N) is 1. The number of carbonyl (C=O) groups is 1. The fourth-order valence-corrected chi connectivity index (χ4v) is 2.94. The molecule has 1 saturated heterocycles. The van der Waals surface area contributed by atoms with Gasteiger partial charge in [-0.2, -0.15) is 0 Å². The van der Waals surface area contributed by atoms with Crippen molar-refractivity contribution in [2.75, 3.05) is 6.54 Å². The summed E-state index contributed by atoms with van der Waals surface area (Å²) >= 11 is 0. The minimum absolute atomic E-state index is 0.114. The molecule has 98 valence electrons. The summed E-state index contributed by atoms with van der Waals surface area (Å²) < 4.78 is 0. The Bertz CT molecular complexity index is 263. The Labute approximate surface area is 105 Å². The van der Waals surface area contributed by atoms with Gasteiger partial charge in [0.2, 0.25) is 5.91 Å². The molecule has 3 heteroatoms. The number of hydrogen-bond donors (Lipinski definition) is 1. The number of rotatable bonds is 4. The SMILES string of the molecule is CC[C@H]1CCCCCN1C(=O)C[C@H](N)C1CC1. The van der Waals surface area contributed by atoms with Crippen molar-refractivity contribution in [2.45, 2.75) is 70.4 Å². The number of likely N-dealkylation sites (tertiary alicyclic amines) is 1. The summed E-state index contributed by atoms with van der Waals surface area (Å²) in [5.74, 6) is 0.934. The van der Waals surface area contributed by atoms with Crippen molar-refractivity contribution in [3.63, 3.8) is 0 Å². The first-order valence-corrected chi connectivity index (χ1v) is 7.27. The molecule has 0 aromatic rings. The highest BCUT2D eigenvalue weighted by atomic mass is 16.2. The zero-order valence-corrected chi connectivity index (χ0v) is 11.0. The van der Waals surface area contributed by atoms with Gasteiger partial charge in [-0.3, -0.25) is 4.79 Å². The monoisotopic (exact) mass is 238 g/mol. The summed E-state index contributed by atoms with van der Waals surface area (Å²) in [6, 6.07) is 0.583. The van der Waals surface area contributed by atoms with Crippen LogP contribution in [0.5, 0.6) is 0 Å². The van der Waals surface area contributed by atoms with Crippen LogP contribution in [0.15, 0.2) is 0 Å². The van der Waals surface area contributed by atoms with Crippen LogP contribution in [-0.2, 0) is 4.79 Å². The second-order valence-electron chi connectivity index (χ2n) is 5.70. The third kappa shape index (κ3) is 3.44. The normalized spacial score (nSPS) is 27.6. The van der Waals surface area contributed by atoms with Gasteiger partial charge in [0.1, 0.15) is 0 Å². The van der Waals surface area contributed by atoms with E-state index in [-0.39, 0.29) is 6.04 Å². The number of amides is 1. The predicted molar refractivity (Wildman–Crippen MR) is 69.6 cm³/mol. The summed E-state index contributed by atoms with van der Waals surface area (Å²) in [6.07, 6.45) is 9.01. The molecule has 1 aliphatic carbocycles. The highest BCUT2D eigenvalue weighted by Gasteiger charge is 2.32. The molecule has 0 bridgehead atoms. The van der Waals surface area contributed by atoms with Crippen molar-refractivity contribution in [1.29, 1.82) is 0 Å². The van der Waals surface area contributed by atoms with E-state index >= 15 is 0 Å². The van der Waals surface area contributed by atoms with Crippen LogP contribution in [0, 0.1) is 5.92 Å². The molecule has 2 atom stereocenters. The molecule has 0 unspecified atom stereocenters. The van der Waals surface area contributed by atoms with Gasteiger partial charge in [0.05, 0.1) is 0 Å². The lowest BCUT2D eigenvalue weighted by Gasteiger charge is -2.30. The molecule has 1 saturated carbocycles. The maximum atomic E-state index is 12.3. The minimum Gasteiger partial charge on any atom is -0.340 e. The second kappa shape index (κ2) is 5.85. The molecule has 1 heterocycles. The van der Waals surface area contributed by atoms with Crippen LogP contribution in [0.2, 0.25) is 0 Å². The van der Waals surface area contributed by atoms with E-state index in [1.807, 2.05) is 0 Å². The summed E-state index contributed by atoms with van der Waals surface area (Å²) in [6.45, 7) is 3.14. The predicted octanol–water partition coefficient (Wildman–Crippen LogP) is 2.29. The van der Waals surface area contributed by atoms with Crippen LogP contribution in [0.1, 0.15) is 58.3 Å². The van der Waals surface area contributed by atoms with Gasteiger partial charge >= 0.3 is 0 Å². The maximum Gasteiger partial charge on any atom is 0.224 e. The molecule has 1 aliphatic heterocycles. The van der Waals surface area contributed by atoms with Crippen LogP contribution >= 0.6 is 0 Å². The summed E-state index contributed by atoms with van der Waals surface area (Å²) in [7, 11) is 0. The van der Waals surface area contributed by atoms with Gasteiger partial charge in [0.25, 0.3) is 0 Å². The van der Waals surface area contributed by atoms with Gasteiger partial charge in [-0.05, 0) is 38.0 Å². The van der Waals surface area contributed by atoms with E-state index in [1.165, 1.54) is 38.5 Å². The van der Waals surface area contributed by atoms with E-state index < -0.39 is 0 Å². The number of carbonyl (C=O) groups excluding carboxylic acids is 1. The van der Waals surface area contributed by atoms with Crippen LogP contribution in [0.25, 0.3) is 0 Å². The molecule has 2 rings (SSSR count). The molecule has 1 amide bonds. The lowest BCUT2D eigenvalue weighted by atomic mass is 10.1. The van der Waals surface area contributed by atoms with Crippen molar-refractivity contribution in [3.8, 4) is 0 Å². The molecular formula is C14H26N2O. The van der Waals surface area contributed by atoms with Gasteiger partial charge in [0.15, 0.2) is 0 Å². The van der Waals surface area contributed by atoms with E-state index in [4.69, 9.17) is 5.73 Å². The Kier molecular flexibility index (Phi) is 4.43. The lowest BCUT2D eigenvalue weighted by molar-refractivity contribution is -0.134. The lowest BCUT2D eigenvalue weighted by Crippen LogP contribution is -2.42. The van der Waals surface area contributed by atoms with Crippen LogP contribution in [0.3, 0.4) is 0 Å². The van der Waals surface area contributed by atoms with Crippen LogP contribution in [0.4, 0.5) is 0 Å². The van der Waals surface area contributed by atoms with Gasteiger partial charge in [-0.25, -0.2) is 0 Å². The Morgan fingerprint density at radius 3 is 2.71 bits per heavy atom. The summed E-state index contributed by atoms with van der Waals surface area (Å²) in [4.78, 5) is 14.4. The average molecular weight is 238 g/mol. The largest absolute Gasteiger partial charge is 0.340 e. The fraction of sp³-hybridized carbons (Fsp3) is 0.929. The highest BCUT2D eigenvalue weighted by Crippen LogP contribution is 2.33. The standard InChI is InChI=1S/C14H26N2O/c1-2-12-6-4-3-5-9-16(12)14(17)10-13(15)11-7-8-11/h11-13H,2-10,15H2,1H3/t12-,13-/m0/s1. The van der Waals surface area contributed by atoms with Crippen LogP contribution in [-0.4, -0.2) is 29.4 Å². The molecule has 0 spiro atoms. The molecule has 2 fully saturated rings. The van der Waals surface area contributed by atoms with Crippen LogP contribution < -0.4 is 5.73 Å². The van der Waals surface area contributed by atoms with Crippen molar-refractivity contribution in [1.82, 2.24) is 4.90 Å². The maximum absolute atomic E-state index is 12.3. The molecule has 2 N–H and O–H groups in total. The summed E-state index contributed by atoms with van der Waals surface area (Å²) in [5, 5.41) is 0. The third-order valence-corrected chi connectivity index (χ3v) is 4.31. The molecule has 0 aromatic heterocycles. The molecular weight excluding hydrogens is 212 g/mol. The van der Waals surface area contributed by atoms with Gasteiger partial charge in [-0.15, -0.1) is 0 Å². The smallest absolute Gasteiger partial charge is 0.224 e. The fourth-order valence-electron chi connectivity index (χ4n) is 2.94. The molecule has 0 aromatic carbocycles. The minimum atomic E-state index is 0.114. The Morgan fingerprint density at radius 1 is 1.29 bits per heavy atom. The van der Waals surface area contributed by atoms with Crippen molar-refractivity contribution in [3.05, 3.63) is 0 Å². The molecule has 3 nitrogen and oxygen atoms in total. The summed E-state index contributed by atoms with van der Waals surface area (Å²) in [5.41, 5.74) is 6.07. The number of nitrogens with two attached hydrogens (primary N) is 1. The van der Waals surface area contributed by atoms with E-state index in [0.29, 0.717) is 24.3 Å². The highest BCUT2D eigenvalue weighted by molar-refractivity contribution is 5.77. The van der Waals surface area contributed by atoms with Gasteiger partial charge in [0, 0.05) is 25.0 Å². The van der Waals surface area contributed by atoms with Crippen molar-refractivity contribution >= 4 is 5.91 Å². The van der Waals surface area contributed by atoms with Gasteiger partial charge < -0.3 is 10.6 Å². The molecule has 0 radical (unpaired) electrons. The second-order valence-corrected chi connectivity index (χ2v) is 5.70. The number of hydrogen-bond acceptors (Lipinski definition) is 2. The van der Waals surface area contributed by atoms with Crippen molar-refractivity contribution < 1.29 is 4.79 Å². The van der Waals surface area contributed by atoms with Gasteiger partial charge in [-0.1, -0.05) is 19.8 Å².